The quantitative estimate of drug-likeness (QED) is 0.698. The molecule has 0 saturated carbocycles. The molecule has 0 heterocycles. The highest BCUT2D eigenvalue weighted by molar-refractivity contribution is 9.10. The minimum absolute atomic E-state index is 0.0137. The van der Waals surface area contributed by atoms with Gasteiger partial charge in [0.1, 0.15) is 0 Å². The average molecular weight is 353 g/mol. The van der Waals surface area contributed by atoms with Crippen LogP contribution in [0.25, 0.3) is 6.08 Å². The predicted octanol–water partition coefficient (Wildman–Crippen LogP) is 5.03. The first-order valence-electron chi connectivity index (χ1n) is 7.65. The maximum absolute atomic E-state index is 12.2. The summed E-state index contributed by atoms with van der Waals surface area (Å²) in [5.41, 5.74) is 1.05. The van der Waals surface area contributed by atoms with Gasteiger partial charge in [0.2, 0.25) is 0 Å². The fraction of sp³-hybridized carbons (Fsp3) is 0.471. The number of halogens is 1. The van der Waals surface area contributed by atoms with Crippen LogP contribution in [0.15, 0.2) is 34.9 Å². The molecule has 2 amide bonds. The molecule has 0 aromatic heterocycles. The molecule has 3 nitrogen and oxygen atoms in total. The van der Waals surface area contributed by atoms with Crippen LogP contribution in [0.3, 0.4) is 0 Å². The lowest BCUT2D eigenvalue weighted by molar-refractivity contribution is 0.200. The largest absolute Gasteiger partial charge is 0.325 e. The molecule has 0 aliphatic heterocycles. The highest BCUT2D eigenvalue weighted by Crippen LogP contribution is 2.16. The van der Waals surface area contributed by atoms with Gasteiger partial charge in [-0.25, -0.2) is 4.79 Å². The van der Waals surface area contributed by atoms with Crippen molar-refractivity contribution in [3.63, 3.8) is 0 Å². The van der Waals surface area contributed by atoms with Crippen LogP contribution < -0.4 is 5.32 Å². The Morgan fingerprint density at radius 3 is 2.38 bits per heavy atom. The highest BCUT2D eigenvalue weighted by Gasteiger charge is 2.10. The van der Waals surface area contributed by atoms with Gasteiger partial charge >= 0.3 is 6.03 Å². The zero-order chi connectivity index (χ0) is 15.5. The highest BCUT2D eigenvalue weighted by atomic mass is 79.9. The maximum Gasteiger partial charge on any atom is 0.321 e. The lowest BCUT2D eigenvalue weighted by Gasteiger charge is -2.21. The summed E-state index contributed by atoms with van der Waals surface area (Å²) in [4.78, 5) is 14.1. The number of carbonyl (C=O) groups excluding carboxylic acids is 1. The molecule has 1 aromatic rings. The van der Waals surface area contributed by atoms with E-state index >= 15 is 0 Å². The first kappa shape index (κ1) is 17.8. The standard InChI is InChI=1S/C17H25BrN2O/c1-3-5-13-20(14-6-4-2)17(21)19-12-11-15-9-7-8-10-16(15)18/h7-12H,3-6,13-14H2,1-2H3,(H,19,21)/b12-11+. The van der Waals surface area contributed by atoms with Gasteiger partial charge < -0.3 is 10.2 Å². The summed E-state index contributed by atoms with van der Waals surface area (Å²) in [7, 11) is 0. The van der Waals surface area contributed by atoms with Crippen molar-refractivity contribution < 1.29 is 4.79 Å². The van der Waals surface area contributed by atoms with Crippen molar-refractivity contribution >= 4 is 28.0 Å². The number of unbranched alkanes of at least 4 members (excludes halogenated alkanes) is 2. The molecular weight excluding hydrogens is 328 g/mol. The third-order valence-electron chi connectivity index (χ3n) is 3.23. The first-order chi connectivity index (χ1) is 10.2. The van der Waals surface area contributed by atoms with Crippen LogP contribution in [0.5, 0.6) is 0 Å². The van der Waals surface area contributed by atoms with E-state index in [2.05, 4.69) is 35.1 Å². The molecule has 0 fully saturated rings. The number of rotatable bonds is 8. The minimum atomic E-state index is -0.0137. The molecule has 0 aliphatic carbocycles. The summed E-state index contributed by atoms with van der Waals surface area (Å²) < 4.78 is 1.02. The molecule has 0 bridgehead atoms. The summed E-state index contributed by atoms with van der Waals surface area (Å²) in [5.74, 6) is 0. The van der Waals surface area contributed by atoms with Crippen LogP contribution in [0.4, 0.5) is 4.79 Å². The number of hydrogen-bond acceptors (Lipinski definition) is 1. The first-order valence-corrected chi connectivity index (χ1v) is 8.44. The Labute approximate surface area is 136 Å². The number of hydrogen-bond donors (Lipinski definition) is 1. The third kappa shape index (κ3) is 6.80. The average Bonchev–Trinajstić information content (AvgIpc) is 2.49. The van der Waals surface area contributed by atoms with Gasteiger partial charge in [0.05, 0.1) is 0 Å². The van der Waals surface area contributed by atoms with E-state index in [0.29, 0.717) is 0 Å². The fourth-order valence-electron chi connectivity index (χ4n) is 1.92. The van der Waals surface area contributed by atoms with Crippen LogP contribution in [0, 0.1) is 0 Å². The van der Waals surface area contributed by atoms with E-state index in [9.17, 15) is 4.79 Å². The van der Waals surface area contributed by atoms with Crippen molar-refractivity contribution in [1.82, 2.24) is 10.2 Å². The second kappa shape index (κ2) is 10.4. The van der Waals surface area contributed by atoms with E-state index < -0.39 is 0 Å². The monoisotopic (exact) mass is 352 g/mol. The van der Waals surface area contributed by atoms with Gasteiger partial charge in [-0.15, -0.1) is 0 Å². The molecule has 0 unspecified atom stereocenters. The van der Waals surface area contributed by atoms with Crippen LogP contribution >= 0.6 is 15.9 Å². The van der Waals surface area contributed by atoms with Gasteiger partial charge in [-0.1, -0.05) is 60.8 Å². The van der Waals surface area contributed by atoms with Crippen molar-refractivity contribution in [2.45, 2.75) is 39.5 Å². The Kier molecular flexibility index (Phi) is 8.83. The number of carbonyl (C=O) groups is 1. The van der Waals surface area contributed by atoms with Crippen LogP contribution in [0.1, 0.15) is 45.1 Å². The van der Waals surface area contributed by atoms with E-state index in [1.54, 1.807) is 6.20 Å². The molecule has 1 N–H and O–H groups in total. The lowest BCUT2D eigenvalue weighted by Crippen LogP contribution is -2.38. The van der Waals surface area contributed by atoms with Crippen LogP contribution in [-0.2, 0) is 0 Å². The Balaban J connectivity index is 2.54. The Bertz CT molecular complexity index is 452. The predicted molar refractivity (Wildman–Crippen MR) is 93.1 cm³/mol. The molecule has 1 aromatic carbocycles. The normalized spacial score (nSPS) is 10.8. The Hall–Kier alpha value is -1.29. The molecule has 0 saturated heterocycles. The summed E-state index contributed by atoms with van der Waals surface area (Å²) in [5, 5.41) is 2.86. The zero-order valence-corrected chi connectivity index (χ0v) is 14.5. The van der Waals surface area contributed by atoms with Gasteiger partial charge in [-0.2, -0.15) is 0 Å². The van der Waals surface area contributed by atoms with Gasteiger partial charge in [-0.3, -0.25) is 0 Å². The second-order valence-corrected chi connectivity index (χ2v) is 5.85. The number of urea groups is 1. The van der Waals surface area contributed by atoms with Crippen molar-refractivity contribution in [2.24, 2.45) is 0 Å². The van der Waals surface area contributed by atoms with E-state index in [1.165, 1.54) is 0 Å². The van der Waals surface area contributed by atoms with E-state index in [0.717, 1.165) is 48.8 Å². The maximum atomic E-state index is 12.2. The van der Waals surface area contributed by atoms with E-state index in [4.69, 9.17) is 0 Å². The van der Waals surface area contributed by atoms with Gasteiger partial charge in [0, 0.05) is 23.8 Å². The number of benzene rings is 1. The molecule has 1 rings (SSSR count). The SMILES string of the molecule is CCCCN(CCCC)C(=O)N/C=C/c1ccccc1Br. The summed E-state index contributed by atoms with van der Waals surface area (Å²) in [6.45, 7) is 5.93. The van der Waals surface area contributed by atoms with Gasteiger partial charge in [-0.05, 0) is 30.5 Å². The van der Waals surface area contributed by atoms with Crippen molar-refractivity contribution in [3.8, 4) is 0 Å². The third-order valence-corrected chi connectivity index (χ3v) is 3.95. The summed E-state index contributed by atoms with van der Waals surface area (Å²) in [6, 6.07) is 7.91. The van der Waals surface area contributed by atoms with Crippen molar-refractivity contribution in [2.75, 3.05) is 13.1 Å². The number of amides is 2. The van der Waals surface area contributed by atoms with Gasteiger partial charge in [0.15, 0.2) is 0 Å². The smallest absolute Gasteiger partial charge is 0.321 e. The minimum Gasteiger partial charge on any atom is -0.325 e. The molecule has 0 radical (unpaired) electrons. The molecule has 4 heteroatoms. The molecule has 116 valence electrons. The van der Waals surface area contributed by atoms with E-state index in [1.807, 2.05) is 35.2 Å². The lowest BCUT2D eigenvalue weighted by atomic mass is 10.2. The summed E-state index contributed by atoms with van der Waals surface area (Å²) >= 11 is 3.49. The zero-order valence-electron chi connectivity index (χ0n) is 12.9. The van der Waals surface area contributed by atoms with Crippen molar-refractivity contribution in [1.29, 1.82) is 0 Å². The second-order valence-electron chi connectivity index (χ2n) is 5.00. The van der Waals surface area contributed by atoms with Gasteiger partial charge in [0.25, 0.3) is 0 Å². The molecule has 21 heavy (non-hydrogen) atoms. The molecular formula is C17H25BrN2O. The van der Waals surface area contributed by atoms with E-state index in [-0.39, 0.29) is 6.03 Å². The molecule has 0 atom stereocenters. The number of nitrogens with zero attached hydrogens (tertiary/aromatic N) is 1. The summed E-state index contributed by atoms with van der Waals surface area (Å²) in [6.07, 6.45) is 7.91. The molecule has 0 spiro atoms. The van der Waals surface area contributed by atoms with Crippen molar-refractivity contribution in [3.05, 3.63) is 40.5 Å². The van der Waals surface area contributed by atoms with Crippen LogP contribution in [-0.4, -0.2) is 24.0 Å². The number of nitrogens with one attached hydrogen (secondary N) is 1. The Morgan fingerprint density at radius 2 is 1.81 bits per heavy atom. The topological polar surface area (TPSA) is 32.3 Å². The van der Waals surface area contributed by atoms with Crippen LogP contribution in [0.2, 0.25) is 0 Å². The Morgan fingerprint density at radius 1 is 1.19 bits per heavy atom. The molecule has 0 aliphatic rings. The fourth-order valence-corrected chi connectivity index (χ4v) is 2.33.